The second-order valence-corrected chi connectivity index (χ2v) is 11.5. The molecule has 1 unspecified atom stereocenters. The smallest absolute Gasteiger partial charge is 0.185 e. The SMILES string of the molecule is Cc1ccc2cccnc2c1N1CCCN(C(CCN2CCCC2)c2csc(N3CCOCC3)n2)CC1. The molecule has 0 aliphatic carbocycles. The molecule has 3 saturated heterocycles. The first-order valence-electron chi connectivity index (χ1n) is 14.1. The van der Waals surface area contributed by atoms with Crippen molar-refractivity contribution in [3.05, 3.63) is 47.1 Å². The minimum Gasteiger partial charge on any atom is -0.378 e. The van der Waals surface area contributed by atoms with Crippen molar-refractivity contribution in [2.45, 2.75) is 38.6 Å². The summed E-state index contributed by atoms with van der Waals surface area (Å²) >= 11 is 1.81. The van der Waals surface area contributed by atoms with Gasteiger partial charge >= 0.3 is 0 Å². The van der Waals surface area contributed by atoms with Crippen molar-refractivity contribution in [2.75, 3.05) is 81.9 Å². The molecule has 37 heavy (non-hydrogen) atoms. The van der Waals surface area contributed by atoms with Gasteiger partial charge in [0, 0.05) is 62.8 Å². The van der Waals surface area contributed by atoms with Gasteiger partial charge in [-0.1, -0.05) is 18.2 Å². The summed E-state index contributed by atoms with van der Waals surface area (Å²) < 4.78 is 5.57. The number of nitrogens with zero attached hydrogens (tertiary/aromatic N) is 6. The van der Waals surface area contributed by atoms with Gasteiger partial charge in [0.2, 0.25) is 0 Å². The first-order valence-corrected chi connectivity index (χ1v) is 15.0. The van der Waals surface area contributed by atoms with Crippen molar-refractivity contribution in [2.24, 2.45) is 0 Å². The van der Waals surface area contributed by atoms with Gasteiger partial charge in [0.25, 0.3) is 0 Å². The number of likely N-dealkylation sites (tertiary alicyclic amines) is 1. The number of hydrogen-bond acceptors (Lipinski definition) is 8. The molecule has 0 amide bonds. The fourth-order valence-corrected chi connectivity index (χ4v) is 7.19. The zero-order valence-corrected chi connectivity index (χ0v) is 23.0. The third-order valence-electron chi connectivity index (χ3n) is 8.29. The Morgan fingerprint density at radius 1 is 0.919 bits per heavy atom. The molecular formula is C29H40N6OS. The third kappa shape index (κ3) is 5.62. The summed E-state index contributed by atoms with van der Waals surface area (Å²) in [4.78, 5) is 20.4. The molecule has 1 aromatic carbocycles. The molecule has 8 heteroatoms. The van der Waals surface area contributed by atoms with Gasteiger partial charge in [0.15, 0.2) is 5.13 Å². The van der Waals surface area contributed by atoms with Gasteiger partial charge in [-0.3, -0.25) is 9.88 Å². The Morgan fingerprint density at radius 2 is 1.78 bits per heavy atom. The van der Waals surface area contributed by atoms with E-state index in [9.17, 15) is 0 Å². The lowest BCUT2D eigenvalue weighted by atomic mass is 10.1. The molecule has 0 saturated carbocycles. The molecule has 0 spiro atoms. The van der Waals surface area contributed by atoms with E-state index >= 15 is 0 Å². The highest BCUT2D eigenvalue weighted by Crippen LogP contribution is 2.34. The van der Waals surface area contributed by atoms with Crippen molar-refractivity contribution in [3.63, 3.8) is 0 Å². The van der Waals surface area contributed by atoms with Crippen LogP contribution in [0.5, 0.6) is 0 Å². The fraction of sp³-hybridized carbons (Fsp3) is 0.586. The maximum Gasteiger partial charge on any atom is 0.185 e. The highest BCUT2D eigenvalue weighted by molar-refractivity contribution is 7.13. The monoisotopic (exact) mass is 520 g/mol. The van der Waals surface area contributed by atoms with Gasteiger partial charge in [0.1, 0.15) is 0 Å². The molecule has 3 aromatic rings. The van der Waals surface area contributed by atoms with E-state index in [1.54, 1.807) is 0 Å². The summed E-state index contributed by atoms with van der Waals surface area (Å²) in [7, 11) is 0. The highest BCUT2D eigenvalue weighted by Gasteiger charge is 2.28. The van der Waals surface area contributed by atoms with E-state index in [-0.39, 0.29) is 0 Å². The third-order valence-corrected chi connectivity index (χ3v) is 9.21. The van der Waals surface area contributed by atoms with Crippen LogP contribution in [0.15, 0.2) is 35.8 Å². The molecule has 3 aliphatic heterocycles. The molecule has 5 heterocycles. The molecule has 3 fully saturated rings. The Kier molecular flexibility index (Phi) is 7.88. The molecular weight excluding hydrogens is 480 g/mol. The molecule has 1 atom stereocenters. The van der Waals surface area contributed by atoms with E-state index < -0.39 is 0 Å². The molecule has 6 rings (SSSR count). The van der Waals surface area contributed by atoms with E-state index in [0.29, 0.717) is 6.04 Å². The van der Waals surface area contributed by atoms with Crippen molar-refractivity contribution in [3.8, 4) is 0 Å². The minimum atomic E-state index is 0.373. The largest absolute Gasteiger partial charge is 0.378 e. The first kappa shape index (κ1) is 25.0. The zero-order chi connectivity index (χ0) is 25.0. The molecule has 7 nitrogen and oxygen atoms in total. The van der Waals surface area contributed by atoms with Crippen LogP contribution in [-0.4, -0.2) is 91.9 Å². The summed E-state index contributed by atoms with van der Waals surface area (Å²) in [6, 6.07) is 9.05. The van der Waals surface area contributed by atoms with E-state index in [0.717, 1.165) is 70.8 Å². The van der Waals surface area contributed by atoms with Crippen molar-refractivity contribution < 1.29 is 4.74 Å². The second-order valence-electron chi connectivity index (χ2n) is 10.7. The first-order chi connectivity index (χ1) is 18.3. The van der Waals surface area contributed by atoms with E-state index in [1.807, 2.05) is 23.6 Å². The van der Waals surface area contributed by atoms with Crippen LogP contribution in [0.4, 0.5) is 10.8 Å². The van der Waals surface area contributed by atoms with Crippen LogP contribution < -0.4 is 9.80 Å². The van der Waals surface area contributed by atoms with E-state index in [4.69, 9.17) is 14.7 Å². The Labute approximate surface area is 225 Å². The van der Waals surface area contributed by atoms with Crippen LogP contribution in [0, 0.1) is 6.92 Å². The number of rotatable bonds is 7. The van der Waals surface area contributed by atoms with Gasteiger partial charge in [-0.25, -0.2) is 4.98 Å². The Morgan fingerprint density at radius 3 is 2.65 bits per heavy atom. The summed E-state index contributed by atoms with van der Waals surface area (Å²) in [6.07, 6.45) is 6.93. The highest BCUT2D eigenvalue weighted by atomic mass is 32.1. The van der Waals surface area contributed by atoms with Gasteiger partial charge in [0.05, 0.1) is 36.2 Å². The fourth-order valence-electron chi connectivity index (χ4n) is 6.26. The summed E-state index contributed by atoms with van der Waals surface area (Å²) in [5, 5.41) is 4.73. The molecule has 2 aromatic heterocycles. The number of pyridine rings is 1. The maximum atomic E-state index is 5.57. The van der Waals surface area contributed by atoms with E-state index in [1.165, 1.54) is 59.9 Å². The minimum absolute atomic E-state index is 0.373. The number of benzene rings is 1. The number of thiazole rings is 1. The average molecular weight is 521 g/mol. The summed E-state index contributed by atoms with van der Waals surface area (Å²) in [5.41, 5.74) is 5.04. The van der Waals surface area contributed by atoms with Gasteiger partial charge in [-0.05, 0) is 57.3 Å². The molecule has 0 bridgehead atoms. The lowest BCUT2D eigenvalue weighted by Crippen LogP contribution is -2.37. The van der Waals surface area contributed by atoms with Gasteiger partial charge < -0.3 is 19.4 Å². The number of aromatic nitrogens is 2. The van der Waals surface area contributed by atoms with Gasteiger partial charge in [-0.15, -0.1) is 11.3 Å². The Balaban J connectivity index is 1.21. The Bertz CT molecular complexity index is 1170. The summed E-state index contributed by atoms with van der Waals surface area (Å²) in [5.74, 6) is 0. The van der Waals surface area contributed by atoms with Crippen LogP contribution in [0.3, 0.4) is 0 Å². The zero-order valence-electron chi connectivity index (χ0n) is 22.1. The lowest BCUT2D eigenvalue weighted by Gasteiger charge is -2.31. The van der Waals surface area contributed by atoms with Crippen LogP contribution >= 0.6 is 11.3 Å². The van der Waals surface area contributed by atoms with Gasteiger partial charge in [-0.2, -0.15) is 0 Å². The van der Waals surface area contributed by atoms with Crippen LogP contribution in [0.1, 0.15) is 43.0 Å². The quantitative estimate of drug-likeness (QED) is 0.452. The van der Waals surface area contributed by atoms with Crippen LogP contribution in [0.2, 0.25) is 0 Å². The average Bonchev–Trinajstić information content (AvgIpc) is 3.59. The standard InChI is InChI=1S/C29H40N6OS/c1-23-7-8-24-6-4-10-30-27(24)28(23)34-14-5-13-33(16-17-34)26(9-15-32-11-2-3-12-32)25-22-37-29(31-25)35-18-20-36-21-19-35/h4,6-8,10,22,26H,2-3,5,9,11-21H2,1H3. The summed E-state index contributed by atoms with van der Waals surface area (Å²) in [6.45, 7) is 13.7. The predicted octanol–water partition coefficient (Wildman–Crippen LogP) is 4.58. The van der Waals surface area contributed by atoms with E-state index in [2.05, 4.69) is 50.1 Å². The number of fused-ring (bicyclic) bond motifs is 1. The van der Waals surface area contributed by atoms with Crippen molar-refractivity contribution in [1.82, 2.24) is 19.8 Å². The normalized spacial score (nSPS) is 21.0. The number of ether oxygens (including phenoxy) is 1. The number of aryl methyl sites for hydroxylation is 1. The van der Waals surface area contributed by atoms with Crippen molar-refractivity contribution >= 4 is 33.1 Å². The Hall–Kier alpha value is -2.26. The number of morpholine rings is 1. The maximum absolute atomic E-state index is 5.57. The lowest BCUT2D eigenvalue weighted by molar-refractivity contribution is 0.122. The number of anilines is 2. The topological polar surface area (TPSA) is 48.0 Å². The second kappa shape index (κ2) is 11.6. The predicted molar refractivity (Wildman–Crippen MR) is 153 cm³/mol. The number of hydrogen-bond donors (Lipinski definition) is 0. The molecule has 3 aliphatic rings. The van der Waals surface area contributed by atoms with Crippen molar-refractivity contribution in [1.29, 1.82) is 0 Å². The van der Waals surface area contributed by atoms with Crippen LogP contribution in [0.25, 0.3) is 10.9 Å². The van der Waals surface area contributed by atoms with Crippen LogP contribution in [-0.2, 0) is 4.74 Å². The molecule has 0 N–H and O–H groups in total. The molecule has 0 radical (unpaired) electrons. The molecule has 198 valence electrons.